The molecule has 26 heavy (non-hydrogen) atoms. The number of fused-ring (bicyclic) bond motifs is 1. The van der Waals surface area contributed by atoms with Gasteiger partial charge in [0.2, 0.25) is 0 Å². The molecule has 0 aliphatic carbocycles. The molecule has 1 aliphatic rings. The summed E-state index contributed by atoms with van der Waals surface area (Å²) in [6, 6.07) is 8.74. The third kappa shape index (κ3) is 3.98. The van der Waals surface area contributed by atoms with Gasteiger partial charge in [-0.3, -0.25) is 4.79 Å². The Hall–Kier alpha value is -2.14. The van der Waals surface area contributed by atoms with Gasteiger partial charge in [0.05, 0.1) is 11.1 Å². The molecule has 0 atom stereocenters. The van der Waals surface area contributed by atoms with Gasteiger partial charge in [-0.25, -0.2) is 4.98 Å². The van der Waals surface area contributed by atoms with Gasteiger partial charge < -0.3 is 15.5 Å². The number of carbonyl (C=O) groups excluding carboxylic acids is 1. The van der Waals surface area contributed by atoms with E-state index in [9.17, 15) is 4.79 Å². The maximum Gasteiger partial charge on any atom is 0.252 e. The normalized spacial score (nSPS) is 15.3. The summed E-state index contributed by atoms with van der Waals surface area (Å²) in [6.45, 7) is 9.25. The Balaban J connectivity index is 1.83. The van der Waals surface area contributed by atoms with Gasteiger partial charge >= 0.3 is 0 Å². The Labute approximate surface area is 156 Å². The van der Waals surface area contributed by atoms with E-state index < -0.39 is 5.91 Å². The number of likely N-dealkylation sites (tertiary alicyclic amines) is 1. The number of rotatable bonds is 7. The van der Waals surface area contributed by atoms with Crippen LogP contribution in [0.2, 0.25) is 0 Å². The number of pyridine rings is 1. The van der Waals surface area contributed by atoms with Gasteiger partial charge in [0.15, 0.2) is 0 Å². The van der Waals surface area contributed by atoms with E-state index >= 15 is 0 Å². The first-order valence-electron chi connectivity index (χ1n) is 9.69. The van der Waals surface area contributed by atoms with E-state index in [4.69, 9.17) is 10.7 Å². The van der Waals surface area contributed by atoms with Gasteiger partial charge in [-0.1, -0.05) is 12.5 Å². The number of anilines is 1. The largest absolute Gasteiger partial charge is 0.365 e. The summed E-state index contributed by atoms with van der Waals surface area (Å²) in [6.07, 6.45) is 5.04. The van der Waals surface area contributed by atoms with Crippen molar-refractivity contribution in [2.45, 2.75) is 39.5 Å². The molecule has 1 radical (unpaired) electrons. The zero-order chi connectivity index (χ0) is 18.5. The lowest BCUT2D eigenvalue weighted by Gasteiger charge is -2.29. The van der Waals surface area contributed by atoms with Gasteiger partial charge in [0.1, 0.15) is 5.82 Å². The van der Waals surface area contributed by atoms with Crippen molar-refractivity contribution in [3.05, 3.63) is 35.4 Å². The van der Waals surface area contributed by atoms with Gasteiger partial charge in [0.25, 0.3) is 5.91 Å². The average molecular weight is 353 g/mol. The Morgan fingerprint density at radius 3 is 2.81 bits per heavy atom. The van der Waals surface area contributed by atoms with Crippen molar-refractivity contribution in [3.8, 4) is 0 Å². The van der Waals surface area contributed by atoms with Crippen molar-refractivity contribution >= 4 is 22.6 Å². The topological polar surface area (TPSA) is 62.5 Å². The first-order valence-corrected chi connectivity index (χ1v) is 9.69. The van der Waals surface area contributed by atoms with Crippen molar-refractivity contribution in [3.63, 3.8) is 0 Å². The fourth-order valence-corrected chi connectivity index (χ4v) is 3.90. The van der Waals surface area contributed by atoms with Crippen molar-refractivity contribution in [1.82, 2.24) is 9.88 Å². The summed E-state index contributed by atoms with van der Waals surface area (Å²) in [5.74, 6) is 0.306. The van der Waals surface area contributed by atoms with Crippen LogP contribution in [0.15, 0.2) is 18.2 Å². The number of aryl methyl sites for hydroxylation is 1. The van der Waals surface area contributed by atoms with E-state index in [0.29, 0.717) is 5.56 Å². The van der Waals surface area contributed by atoms with Crippen LogP contribution in [0.1, 0.15) is 48.5 Å². The number of amides is 1. The SMILES string of the molecule is CCN(CCCN1CCCCC1)c1nc2cc[c]cc2c(C)c1C(N)=O. The number of carbonyl (C=O) groups is 1. The molecule has 5 nitrogen and oxygen atoms in total. The number of aromatic nitrogens is 1. The lowest BCUT2D eigenvalue weighted by molar-refractivity contribution is 0.1000. The van der Waals surface area contributed by atoms with Crippen molar-refractivity contribution in [2.24, 2.45) is 5.73 Å². The van der Waals surface area contributed by atoms with Gasteiger partial charge in [-0.2, -0.15) is 0 Å². The molecule has 1 aliphatic heterocycles. The molecule has 1 saturated heterocycles. The minimum atomic E-state index is -0.412. The molecule has 3 rings (SSSR count). The van der Waals surface area contributed by atoms with Gasteiger partial charge in [-0.15, -0.1) is 0 Å². The van der Waals surface area contributed by atoms with E-state index in [1.54, 1.807) is 0 Å². The third-order valence-corrected chi connectivity index (χ3v) is 5.35. The molecule has 0 unspecified atom stereocenters. The molecule has 0 spiro atoms. The first kappa shape index (κ1) is 18.6. The predicted molar refractivity (Wildman–Crippen MR) is 107 cm³/mol. The van der Waals surface area contributed by atoms with Crippen LogP contribution in [-0.2, 0) is 0 Å². The number of primary amides is 1. The molecular weight excluding hydrogens is 324 g/mol. The molecule has 2 heterocycles. The Morgan fingerprint density at radius 1 is 1.35 bits per heavy atom. The maximum absolute atomic E-state index is 12.2. The highest BCUT2D eigenvalue weighted by Crippen LogP contribution is 2.28. The summed E-state index contributed by atoms with van der Waals surface area (Å²) < 4.78 is 0. The first-order chi connectivity index (χ1) is 12.6. The minimum absolute atomic E-state index is 0.412. The lowest BCUT2D eigenvalue weighted by Crippen LogP contribution is -2.34. The Kier molecular flexibility index (Phi) is 6.09. The molecule has 1 aromatic heterocycles. The molecule has 139 valence electrons. The second-order valence-corrected chi connectivity index (χ2v) is 7.08. The second-order valence-electron chi connectivity index (χ2n) is 7.08. The summed E-state index contributed by atoms with van der Waals surface area (Å²) in [5.41, 5.74) is 8.04. The second kappa shape index (κ2) is 8.49. The zero-order valence-corrected chi connectivity index (χ0v) is 15.9. The molecule has 0 saturated carbocycles. The van der Waals surface area contributed by atoms with Crippen molar-refractivity contribution < 1.29 is 4.79 Å². The molecular formula is C21H29N4O. The molecule has 1 amide bonds. The molecule has 1 fully saturated rings. The third-order valence-electron chi connectivity index (χ3n) is 5.35. The summed E-state index contributed by atoms with van der Waals surface area (Å²) in [4.78, 5) is 21.7. The summed E-state index contributed by atoms with van der Waals surface area (Å²) >= 11 is 0. The Morgan fingerprint density at radius 2 is 2.12 bits per heavy atom. The van der Waals surface area contributed by atoms with E-state index in [1.807, 2.05) is 25.1 Å². The van der Waals surface area contributed by atoms with Crippen LogP contribution >= 0.6 is 0 Å². The van der Waals surface area contributed by atoms with Crippen LogP contribution in [0, 0.1) is 13.0 Å². The van der Waals surface area contributed by atoms with Crippen LogP contribution in [0.5, 0.6) is 0 Å². The maximum atomic E-state index is 12.2. The highest BCUT2D eigenvalue weighted by molar-refractivity contribution is 6.04. The molecule has 2 N–H and O–H groups in total. The number of benzene rings is 1. The van der Waals surface area contributed by atoms with E-state index in [1.165, 1.54) is 32.4 Å². The van der Waals surface area contributed by atoms with E-state index in [-0.39, 0.29) is 0 Å². The molecule has 2 aromatic rings. The van der Waals surface area contributed by atoms with Crippen LogP contribution in [-0.4, -0.2) is 48.5 Å². The van der Waals surface area contributed by atoms with Crippen molar-refractivity contribution in [2.75, 3.05) is 37.6 Å². The number of hydrogen-bond donors (Lipinski definition) is 1. The molecule has 1 aromatic carbocycles. The van der Waals surface area contributed by atoms with E-state index in [2.05, 4.69) is 22.8 Å². The number of nitrogens with two attached hydrogens (primary N) is 1. The highest BCUT2D eigenvalue weighted by atomic mass is 16.1. The summed E-state index contributed by atoms with van der Waals surface area (Å²) in [7, 11) is 0. The molecule has 0 bridgehead atoms. The van der Waals surface area contributed by atoms with Crippen LogP contribution in [0.4, 0.5) is 5.82 Å². The average Bonchev–Trinajstić information content (AvgIpc) is 2.66. The Bertz CT molecular complexity index is 768. The van der Waals surface area contributed by atoms with Crippen LogP contribution < -0.4 is 10.6 Å². The monoisotopic (exact) mass is 353 g/mol. The fraction of sp³-hybridized carbons (Fsp3) is 0.524. The minimum Gasteiger partial charge on any atom is -0.365 e. The quantitative estimate of drug-likeness (QED) is 0.831. The lowest BCUT2D eigenvalue weighted by atomic mass is 10.0. The highest BCUT2D eigenvalue weighted by Gasteiger charge is 2.20. The molecule has 5 heteroatoms. The van der Waals surface area contributed by atoms with Crippen LogP contribution in [0.25, 0.3) is 10.9 Å². The fourth-order valence-electron chi connectivity index (χ4n) is 3.90. The van der Waals surface area contributed by atoms with E-state index in [0.717, 1.165) is 48.3 Å². The van der Waals surface area contributed by atoms with Gasteiger partial charge in [-0.05, 0) is 76.5 Å². The summed E-state index contributed by atoms with van der Waals surface area (Å²) in [5, 5.41) is 0.939. The number of hydrogen-bond acceptors (Lipinski definition) is 4. The van der Waals surface area contributed by atoms with Crippen molar-refractivity contribution in [1.29, 1.82) is 0 Å². The smallest absolute Gasteiger partial charge is 0.252 e. The standard InChI is InChI=1S/C21H29N4O/c1-3-25(15-9-14-24-12-7-4-8-13-24)21-19(20(22)26)16(2)17-10-5-6-11-18(17)23-21/h6,10-11H,3-4,7-9,12-15H2,1-2H3,(H2,22,26). The van der Waals surface area contributed by atoms with Gasteiger partial charge in [0, 0.05) is 18.5 Å². The number of nitrogens with zero attached hydrogens (tertiary/aromatic N) is 3. The predicted octanol–water partition coefficient (Wildman–Crippen LogP) is 3.14. The zero-order valence-electron chi connectivity index (χ0n) is 15.9. The number of piperidine rings is 1. The van der Waals surface area contributed by atoms with Crippen LogP contribution in [0.3, 0.4) is 0 Å².